The minimum atomic E-state index is -1.67. The van der Waals surface area contributed by atoms with Crippen LogP contribution in [-0.2, 0) is 11.2 Å². The number of aromatic nitrogens is 1. The molecule has 1 aromatic heterocycles. The lowest BCUT2D eigenvalue weighted by molar-refractivity contribution is -0.228. The summed E-state index contributed by atoms with van der Waals surface area (Å²) in [5.74, 6) is -1.41. The summed E-state index contributed by atoms with van der Waals surface area (Å²) in [6.07, 6.45) is 2.89. The number of carbonyl (C=O) groups is 2. The standard InChI is InChI=1S/C29H30N4O10/c34-8-11(9-35)31-33-27(41)20-18-14-7-12(37)5-6-15(14)30-22(18)23-19(21(20)28(33)42)13-3-1-2-4-16(13)32(23)29-26(40)25(39)24(38)17(10-36)43-29/h1-6,11,16-17,24-26,29-31,34-40H,7-10H2. The summed E-state index contributed by atoms with van der Waals surface area (Å²) in [6.45, 7) is -1.75. The molecule has 1 saturated heterocycles. The number of aliphatic hydroxyl groups excluding tert-OH is 7. The van der Waals surface area contributed by atoms with Crippen molar-refractivity contribution in [3.05, 3.63) is 63.4 Å². The molecule has 5 aliphatic rings. The van der Waals surface area contributed by atoms with Gasteiger partial charge in [-0.15, -0.1) is 0 Å². The highest BCUT2D eigenvalue weighted by atomic mass is 16.6. The van der Waals surface area contributed by atoms with Gasteiger partial charge >= 0.3 is 0 Å². The van der Waals surface area contributed by atoms with E-state index in [4.69, 9.17) is 4.74 Å². The van der Waals surface area contributed by atoms with Gasteiger partial charge in [0.1, 0.15) is 24.4 Å². The summed E-state index contributed by atoms with van der Waals surface area (Å²) < 4.78 is 6.00. The van der Waals surface area contributed by atoms with Crippen LogP contribution in [0.25, 0.3) is 22.6 Å². The molecule has 2 amide bonds. The minimum absolute atomic E-state index is 0.0368. The fourth-order valence-electron chi connectivity index (χ4n) is 6.71. The van der Waals surface area contributed by atoms with Crippen molar-refractivity contribution in [2.45, 2.75) is 49.1 Å². The number of amides is 2. The maximum atomic E-state index is 14.1. The highest BCUT2D eigenvalue weighted by molar-refractivity contribution is 6.29. The van der Waals surface area contributed by atoms with E-state index in [1.54, 1.807) is 35.3 Å². The summed E-state index contributed by atoms with van der Waals surface area (Å²) in [6, 6.07) is -1.66. The maximum absolute atomic E-state index is 14.1. The lowest BCUT2D eigenvalue weighted by atomic mass is 9.93. The number of allylic oxidation sites excluding steroid dienone is 4. The van der Waals surface area contributed by atoms with Crippen LogP contribution in [0.2, 0.25) is 0 Å². The normalized spacial score (nSPS) is 29.3. The zero-order valence-electron chi connectivity index (χ0n) is 22.6. The summed E-state index contributed by atoms with van der Waals surface area (Å²) in [5.41, 5.74) is 4.65. The smallest absolute Gasteiger partial charge is 0.276 e. The summed E-state index contributed by atoms with van der Waals surface area (Å²) in [4.78, 5) is 33.0. The van der Waals surface area contributed by atoms with Gasteiger partial charge in [0, 0.05) is 22.4 Å². The van der Waals surface area contributed by atoms with E-state index in [1.165, 1.54) is 6.08 Å². The Hall–Kier alpha value is -3.86. The maximum Gasteiger partial charge on any atom is 0.276 e. The number of anilines is 1. The van der Waals surface area contributed by atoms with Gasteiger partial charge < -0.3 is 50.4 Å². The quantitative estimate of drug-likeness (QED) is 0.150. The number of hydrogen-bond acceptors (Lipinski definition) is 12. The predicted octanol–water partition coefficient (Wildman–Crippen LogP) is -3.33. The molecule has 43 heavy (non-hydrogen) atoms. The molecule has 4 heterocycles. The number of H-pyrrole nitrogens is 1. The zero-order chi connectivity index (χ0) is 30.3. The third kappa shape index (κ3) is 3.82. The number of aromatic amines is 1. The van der Waals surface area contributed by atoms with Crippen LogP contribution >= 0.6 is 0 Å². The van der Waals surface area contributed by atoms with Crippen molar-refractivity contribution in [3.8, 4) is 0 Å². The summed E-state index contributed by atoms with van der Waals surface area (Å²) in [7, 11) is 0. The van der Waals surface area contributed by atoms with E-state index in [9.17, 15) is 45.3 Å². The number of hydrazine groups is 1. The van der Waals surface area contributed by atoms with Crippen LogP contribution in [0.3, 0.4) is 0 Å². The first-order valence-electron chi connectivity index (χ1n) is 13.9. The molecule has 0 radical (unpaired) electrons. The van der Waals surface area contributed by atoms with Crippen LogP contribution in [-0.4, -0.2) is 120 Å². The van der Waals surface area contributed by atoms with Crippen molar-refractivity contribution in [2.24, 2.45) is 0 Å². The van der Waals surface area contributed by atoms with Crippen molar-refractivity contribution in [2.75, 3.05) is 24.7 Å². The van der Waals surface area contributed by atoms with Crippen LogP contribution in [0.1, 0.15) is 26.3 Å². The number of aliphatic hydroxyl groups is 7. The lowest BCUT2D eigenvalue weighted by Gasteiger charge is -2.46. The highest BCUT2D eigenvalue weighted by Gasteiger charge is 2.52. The van der Waals surface area contributed by atoms with Crippen molar-refractivity contribution in [1.82, 2.24) is 15.4 Å². The Kier molecular flexibility index (Phi) is 6.57. The van der Waals surface area contributed by atoms with Gasteiger partial charge in [-0.2, -0.15) is 0 Å². The average molecular weight is 595 g/mol. The molecule has 0 spiro atoms. The first kappa shape index (κ1) is 27.9. The van der Waals surface area contributed by atoms with Crippen molar-refractivity contribution in [3.63, 3.8) is 0 Å². The van der Waals surface area contributed by atoms with Crippen LogP contribution in [0, 0.1) is 0 Å². The third-order valence-electron chi connectivity index (χ3n) is 8.73. The van der Waals surface area contributed by atoms with Gasteiger partial charge in [0.2, 0.25) is 0 Å². The molecule has 1 fully saturated rings. The van der Waals surface area contributed by atoms with Gasteiger partial charge in [0.05, 0.1) is 60.0 Å². The van der Waals surface area contributed by atoms with Crippen molar-refractivity contribution in [1.29, 1.82) is 0 Å². The minimum Gasteiger partial charge on any atom is -0.512 e. The number of ether oxygens (including phenoxy) is 1. The van der Waals surface area contributed by atoms with Crippen LogP contribution in [0.4, 0.5) is 5.69 Å². The SMILES string of the molecule is O=C1c2c(c3c4c([nH]c3c3c2=C2C=CC=CC2N3C2OC(CO)C(O)C(O)C2O)=CC=C(O)C4)C(=O)N1NC(CO)CO. The molecule has 14 heteroatoms. The Morgan fingerprint density at radius 1 is 1.00 bits per heavy atom. The van der Waals surface area contributed by atoms with E-state index >= 15 is 0 Å². The fourth-order valence-corrected chi connectivity index (χ4v) is 6.71. The van der Waals surface area contributed by atoms with Crippen LogP contribution in [0.15, 0.2) is 36.1 Å². The molecule has 9 N–H and O–H groups in total. The molecule has 7 rings (SSSR count). The molecular weight excluding hydrogens is 564 g/mol. The average Bonchev–Trinajstić information content (AvgIpc) is 3.62. The van der Waals surface area contributed by atoms with E-state index in [-0.39, 0.29) is 23.3 Å². The molecule has 0 bridgehead atoms. The van der Waals surface area contributed by atoms with Gasteiger partial charge in [0.15, 0.2) is 6.23 Å². The molecule has 1 aromatic carbocycles. The first-order chi connectivity index (χ1) is 20.7. The molecule has 226 valence electrons. The Morgan fingerprint density at radius 2 is 1.74 bits per heavy atom. The second-order valence-electron chi connectivity index (χ2n) is 11.2. The fraction of sp³-hybridized carbons (Fsp3) is 0.379. The number of nitrogens with one attached hydrogen (secondary N) is 2. The number of fused-ring (bicyclic) bond motifs is 9. The Bertz CT molecular complexity index is 1770. The number of hydrogen-bond donors (Lipinski definition) is 9. The van der Waals surface area contributed by atoms with Gasteiger partial charge in [-0.3, -0.25) is 9.59 Å². The van der Waals surface area contributed by atoms with Crippen LogP contribution < -0.4 is 20.9 Å². The molecule has 3 aliphatic heterocycles. The van der Waals surface area contributed by atoms with Crippen LogP contribution in [0.5, 0.6) is 0 Å². The summed E-state index contributed by atoms with van der Waals surface area (Å²) in [5, 5.41) is 74.1. The Balaban J connectivity index is 1.54. The van der Waals surface area contributed by atoms with Gasteiger partial charge in [-0.05, 0) is 23.3 Å². The monoisotopic (exact) mass is 594 g/mol. The molecule has 6 unspecified atom stereocenters. The molecular formula is C29H30N4O10. The number of carbonyl (C=O) groups excluding carboxylic acids is 2. The van der Waals surface area contributed by atoms with Gasteiger partial charge in [-0.25, -0.2) is 10.4 Å². The number of nitrogens with zero attached hydrogens (tertiary/aromatic N) is 2. The molecule has 2 aliphatic carbocycles. The highest BCUT2D eigenvalue weighted by Crippen LogP contribution is 2.43. The van der Waals surface area contributed by atoms with E-state index < -0.39 is 74.4 Å². The van der Waals surface area contributed by atoms with E-state index in [2.05, 4.69) is 10.4 Å². The zero-order valence-corrected chi connectivity index (χ0v) is 22.6. The lowest BCUT2D eigenvalue weighted by Crippen LogP contribution is -2.64. The largest absolute Gasteiger partial charge is 0.512 e. The molecule has 14 nitrogen and oxygen atoms in total. The Labute approximate surface area is 243 Å². The molecule has 6 atom stereocenters. The van der Waals surface area contributed by atoms with Crippen molar-refractivity contribution < 1.29 is 50.1 Å². The van der Waals surface area contributed by atoms with Crippen molar-refractivity contribution >= 4 is 40.1 Å². The van der Waals surface area contributed by atoms with E-state index in [0.29, 0.717) is 38.3 Å². The number of imide groups is 1. The molecule has 2 aromatic rings. The molecule has 0 saturated carbocycles. The van der Waals surface area contributed by atoms with Gasteiger partial charge in [-0.1, -0.05) is 24.3 Å². The first-order valence-corrected chi connectivity index (χ1v) is 13.9. The topological polar surface area (TPSA) is 219 Å². The predicted molar refractivity (Wildman–Crippen MR) is 150 cm³/mol. The van der Waals surface area contributed by atoms with E-state index in [0.717, 1.165) is 5.01 Å². The third-order valence-corrected chi connectivity index (χ3v) is 8.73. The summed E-state index contributed by atoms with van der Waals surface area (Å²) >= 11 is 0. The second kappa shape index (κ2) is 10.1. The number of rotatable bonds is 6. The Morgan fingerprint density at radius 3 is 2.47 bits per heavy atom. The number of benzene rings is 1. The second-order valence-corrected chi connectivity index (χ2v) is 11.2. The van der Waals surface area contributed by atoms with Gasteiger partial charge in [0.25, 0.3) is 11.8 Å². The van der Waals surface area contributed by atoms with E-state index in [1.807, 2.05) is 0 Å².